The minimum absolute atomic E-state index is 0.0351. The lowest BCUT2D eigenvalue weighted by atomic mass is 9.78. The number of hydrogen-bond acceptors (Lipinski definition) is 5. The number of benzene rings is 2. The lowest BCUT2D eigenvalue weighted by Crippen LogP contribution is -2.60. The molecule has 2 aliphatic rings. The molecular weight excluding hydrogens is 568 g/mol. The van der Waals surface area contributed by atoms with E-state index in [1.807, 2.05) is 13.8 Å². The average Bonchev–Trinajstić information content (AvgIpc) is 3.22. The summed E-state index contributed by atoms with van der Waals surface area (Å²) in [6.45, 7) is 7.01. The predicted octanol–water partition coefficient (Wildman–Crippen LogP) is 6.65. The first-order valence-corrected chi connectivity index (χ1v) is 13.7. The smallest absolute Gasteiger partial charge is 0.371 e. The Bertz CT molecular complexity index is 1250. The van der Waals surface area contributed by atoms with Crippen molar-refractivity contribution in [3.63, 3.8) is 0 Å². The van der Waals surface area contributed by atoms with Crippen LogP contribution in [0.25, 0.3) is 0 Å². The van der Waals surface area contributed by atoms with E-state index in [-0.39, 0.29) is 43.1 Å². The van der Waals surface area contributed by atoms with Crippen molar-refractivity contribution >= 4 is 5.91 Å². The molecule has 1 heterocycles. The van der Waals surface area contributed by atoms with Crippen LogP contribution in [-0.2, 0) is 49.3 Å². The van der Waals surface area contributed by atoms with Crippen LogP contribution >= 0.6 is 0 Å². The van der Waals surface area contributed by atoms with E-state index in [9.17, 15) is 31.1 Å². The van der Waals surface area contributed by atoms with Crippen molar-refractivity contribution in [1.82, 2.24) is 5.32 Å². The van der Waals surface area contributed by atoms with Crippen LogP contribution in [0.4, 0.5) is 26.3 Å². The maximum absolute atomic E-state index is 13.7. The number of halogens is 6. The van der Waals surface area contributed by atoms with Gasteiger partial charge in [-0.2, -0.15) is 26.3 Å². The van der Waals surface area contributed by atoms with Crippen LogP contribution < -0.4 is 5.32 Å². The van der Waals surface area contributed by atoms with Gasteiger partial charge in [-0.3, -0.25) is 4.79 Å². The lowest BCUT2D eigenvalue weighted by molar-refractivity contribution is -0.183. The molecule has 6 nitrogen and oxygen atoms in total. The first-order valence-electron chi connectivity index (χ1n) is 13.7. The van der Waals surface area contributed by atoms with Crippen LogP contribution in [0.1, 0.15) is 62.8 Å². The Labute approximate surface area is 240 Å². The fraction of sp³-hybridized carbons (Fsp3) is 0.567. The minimum Gasteiger partial charge on any atom is -0.371 e. The second-order valence-corrected chi connectivity index (χ2v) is 11.7. The van der Waals surface area contributed by atoms with Gasteiger partial charge in [0, 0.05) is 19.4 Å². The quantitative estimate of drug-likeness (QED) is 0.325. The summed E-state index contributed by atoms with van der Waals surface area (Å²) in [5.41, 5.74) is -2.76. The molecule has 0 radical (unpaired) electrons. The van der Waals surface area contributed by atoms with Crippen molar-refractivity contribution in [1.29, 1.82) is 0 Å². The Morgan fingerprint density at radius 3 is 2.05 bits per heavy atom. The number of hydrogen-bond donors (Lipinski definition) is 1. The van der Waals surface area contributed by atoms with Gasteiger partial charge >= 0.3 is 12.4 Å². The molecule has 4 atom stereocenters. The zero-order valence-electron chi connectivity index (χ0n) is 23.8. The number of nitrogens with one attached hydrogen (secondary N) is 1. The molecule has 1 aliphatic carbocycles. The zero-order chi connectivity index (χ0) is 30.9. The molecule has 2 aromatic carbocycles. The van der Waals surface area contributed by atoms with Gasteiger partial charge in [-0.25, -0.2) is 0 Å². The summed E-state index contributed by atoms with van der Waals surface area (Å²) in [6.07, 6.45) is -11.3. The van der Waals surface area contributed by atoms with Gasteiger partial charge in [-0.15, -0.1) is 0 Å². The molecule has 1 aliphatic heterocycles. The third-order valence-corrected chi connectivity index (χ3v) is 7.22. The molecule has 1 saturated carbocycles. The second kappa shape index (κ2) is 12.1. The first-order chi connectivity index (χ1) is 19.5. The summed E-state index contributed by atoms with van der Waals surface area (Å²) >= 11 is 0. The summed E-state index contributed by atoms with van der Waals surface area (Å²) < 4.78 is 104. The molecule has 2 fully saturated rings. The van der Waals surface area contributed by atoms with Crippen molar-refractivity contribution in [2.75, 3.05) is 6.54 Å². The van der Waals surface area contributed by atoms with Crippen LogP contribution in [0.5, 0.6) is 0 Å². The maximum atomic E-state index is 13.7. The highest BCUT2D eigenvalue weighted by Crippen LogP contribution is 2.44. The third kappa shape index (κ3) is 7.83. The normalized spacial score (nSPS) is 25.8. The number of carbonyl (C=O) groups is 1. The number of carbonyl (C=O) groups excluding carboxylic acids is 1. The minimum atomic E-state index is -4.55. The number of amides is 1. The average molecular weight is 604 g/mol. The van der Waals surface area contributed by atoms with Crippen molar-refractivity contribution in [3.05, 3.63) is 70.8 Å². The van der Waals surface area contributed by atoms with Crippen LogP contribution in [0, 0.1) is 5.92 Å². The Morgan fingerprint density at radius 1 is 0.929 bits per heavy atom. The maximum Gasteiger partial charge on any atom is 0.416 e. The molecule has 0 unspecified atom stereocenters. The van der Waals surface area contributed by atoms with Crippen LogP contribution in [0.2, 0.25) is 0 Å². The van der Waals surface area contributed by atoms with Crippen LogP contribution in [0.3, 0.4) is 0 Å². The largest absolute Gasteiger partial charge is 0.416 e. The standard InChI is InChI=1S/C30H35F6NO5/c1-18(2)15-37-26(38)28(40-17-20-8-6-10-22(12-20)30(34,35)36)13-23(25-24(14-28)41-27(3,4)42-25)39-16-19-7-5-9-21(11-19)29(31,32)33/h5-12,18,23-25H,13-17H2,1-4H3,(H,37,38)/t23-,24-,25+,28-/m1/s1. The fourth-order valence-electron chi connectivity index (χ4n) is 5.27. The molecule has 1 saturated heterocycles. The zero-order valence-corrected chi connectivity index (χ0v) is 23.8. The van der Waals surface area contributed by atoms with E-state index in [1.165, 1.54) is 24.3 Å². The summed E-state index contributed by atoms with van der Waals surface area (Å²) in [4.78, 5) is 13.7. The Morgan fingerprint density at radius 2 is 1.50 bits per heavy atom. The van der Waals surface area contributed by atoms with Gasteiger partial charge in [-0.05, 0) is 55.2 Å². The van der Waals surface area contributed by atoms with Gasteiger partial charge in [-0.1, -0.05) is 38.1 Å². The molecule has 12 heteroatoms. The molecular formula is C30H35F6NO5. The van der Waals surface area contributed by atoms with Gasteiger partial charge < -0.3 is 24.3 Å². The predicted molar refractivity (Wildman–Crippen MR) is 140 cm³/mol. The summed E-state index contributed by atoms with van der Waals surface area (Å²) in [6, 6.07) is 9.38. The highest BCUT2D eigenvalue weighted by atomic mass is 19.4. The molecule has 0 spiro atoms. The van der Waals surface area contributed by atoms with Crippen LogP contribution in [0.15, 0.2) is 48.5 Å². The van der Waals surface area contributed by atoms with Crippen molar-refractivity contribution in [3.8, 4) is 0 Å². The van der Waals surface area contributed by atoms with Gasteiger partial charge in [0.2, 0.25) is 0 Å². The monoisotopic (exact) mass is 603 g/mol. The van der Waals surface area contributed by atoms with Gasteiger partial charge in [0.05, 0.1) is 36.5 Å². The lowest BCUT2D eigenvalue weighted by Gasteiger charge is -2.43. The van der Waals surface area contributed by atoms with E-state index in [0.717, 1.165) is 24.3 Å². The van der Waals surface area contributed by atoms with E-state index in [1.54, 1.807) is 13.8 Å². The number of ether oxygens (including phenoxy) is 4. The van der Waals surface area contributed by atoms with Gasteiger partial charge in [0.15, 0.2) is 11.4 Å². The summed E-state index contributed by atoms with van der Waals surface area (Å²) in [5, 5.41) is 2.86. The highest BCUT2D eigenvalue weighted by molar-refractivity contribution is 5.85. The molecule has 1 N–H and O–H groups in total. The molecule has 2 aromatic rings. The molecule has 0 bridgehead atoms. The van der Waals surface area contributed by atoms with E-state index in [0.29, 0.717) is 6.54 Å². The topological polar surface area (TPSA) is 66.0 Å². The molecule has 232 valence electrons. The number of fused-ring (bicyclic) bond motifs is 1. The molecule has 0 aromatic heterocycles. The SMILES string of the molecule is CC(C)CNC(=O)[C@@]1(OCc2cccc(C(F)(F)F)c2)C[C@@H](OCc2cccc(C(F)(F)F)c2)[C@@H]2OC(C)(C)O[C@@H]2C1. The van der Waals surface area contributed by atoms with E-state index in [4.69, 9.17) is 18.9 Å². The highest BCUT2D eigenvalue weighted by Gasteiger charge is 2.58. The summed E-state index contributed by atoms with van der Waals surface area (Å²) in [7, 11) is 0. The van der Waals surface area contributed by atoms with Gasteiger partial charge in [0.1, 0.15) is 6.10 Å². The number of rotatable bonds is 9. The fourth-order valence-corrected chi connectivity index (χ4v) is 5.27. The van der Waals surface area contributed by atoms with Crippen molar-refractivity contribution in [2.24, 2.45) is 5.92 Å². The Kier molecular flexibility index (Phi) is 9.32. The second-order valence-electron chi connectivity index (χ2n) is 11.7. The van der Waals surface area contributed by atoms with Gasteiger partial charge in [0.25, 0.3) is 5.91 Å². The van der Waals surface area contributed by atoms with Crippen LogP contribution in [-0.4, -0.2) is 42.2 Å². The molecule has 1 amide bonds. The molecule has 42 heavy (non-hydrogen) atoms. The van der Waals surface area contributed by atoms with E-state index >= 15 is 0 Å². The van der Waals surface area contributed by atoms with Crippen molar-refractivity contribution in [2.45, 2.75) is 95.8 Å². The first kappa shape index (κ1) is 32.2. The number of alkyl halides is 6. The van der Waals surface area contributed by atoms with E-state index < -0.39 is 59.1 Å². The third-order valence-electron chi connectivity index (χ3n) is 7.22. The molecule has 4 rings (SSSR count). The Hall–Kier alpha value is -2.67. The van der Waals surface area contributed by atoms with Crippen molar-refractivity contribution < 1.29 is 50.1 Å². The Balaban J connectivity index is 1.62. The van der Waals surface area contributed by atoms with E-state index in [2.05, 4.69) is 5.32 Å². The summed E-state index contributed by atoms with van der Waals surface area (Å²) in [5.74, 6) is -1.43.